The van der Waals surface area contributed by atoms with Crippen LogP contribution < -0.4 is 9.47 Å². The van der Waals surface area contributed by atoms with E-state index in [2.05, 4.69) is 4.57 Å². The molecule has 4 rings (SSSR count). The van der Waals surface area contributed by atoms with Crippen LogP contribution in [0.4, 0.5) is 13.2 Å². The van der Waals surface area contributed by atoms with Crippen molar-refractivity contribution >= 4 is 11.9 Å². The summed E-state index contributed by atoms with van der Waals surface area (Å²) >= 11 is 0. The third-order valence-corrected chi connectivity index (χ3v) is 6.42. The lowest BCUT2D eigenvalue weighted by atomic mass is 9.98. The fourth-order valence-corrected chi connectivity index (χ4v) is 4.17. The van der Waals surface area contributed by atoms with E-state index in [0.29, 0.717) is 11.4 Å². The Bertz CT molecular complexity index is 1400. The van der Waals surface area contributed by atoms with E-state index < -0.39 is 12.1 Å². The molecule has 3 aromatic rings. The van der Waals surface area contributed by atoms with E-state index in [4.69, 9.17) is 24.4 Å². The summed E-state index contributed by atoms with van der Waals surface area (Å²) in [7, 11) is 5.48. The summed E-state index contributed by atoms with van der Waals surface area (Å²) in [6, 6.07) is 6.10. The highest BCUT2D eigenvalue weighted by molar-refractivity contribution is 5.95. The summed E-state index contributed by atoms with van der Waals surface area (Å²) in [5.41, 5.74) is 4.23. The number of rotatable bonds is 5. The van der Waals surface area contributed by atoms with Crippen LogP contribution in [0.25, 0.3) is 17.1 Å². The van der Waals surface area contributed by atoms with Gasteiger partial charge in [-0.2, -0.15) is 13.2 Å². The molecule has 1 N–H and O–H groups in total. The zero-order valence-electron chi connectivity index (χ0n) is 23.9. The standard InChI is InChI=1S/C26H34N4O3.C2HF3O2/c1-16(2)33-22-14-20-17(13-21(22)32-8)9-10-19-23(25(31)29(7)26(3,4)5)27-24(30(19)20)18-11-12-28(6)15-18;3-2(4,5)1(6)7/h11-16H,9-10H2,1-8H3;(H,6,7). The molecule has 0 fully saturated rings. The van der Waals surface area contributed by atoms with E-state index in [-0.39, 0.29) is 17.6 Å². The summed E-state index contributed by atoms with van der Waals surface area (Å²) in [4.78, 5) is 29.1. The highest BCUT2D eigenvalue weighted by atomic mass is 19.4. The number of halogens is 3. The quantitative estimate of drug-likeness (QED) is 0.453. The molecule has 9 nitrogen and oxygen atoms in total. The Kier molecular flexibility index (Phi) is 8.61. The van der Waals surface area contributed by atoms with Crippen LogP contribution in [0.2, 0.25) is 0 Å². The number of carboxylic acids is 1. The number of carbonyl (C=O) groups is 2. The minimum atomic E-state index is -5.08. The second kappa shape index (κ2) is 11.3. The monoisotopic (exact) mass is 564 g/mol. The summed E-state index contributed by atoms with van der Waals surface area (Å²) in [6.07, 6.45) is 0.465. The maximum absolute atomic E-state index is 13.5. The van der Waals surface area contributed by atoms with Gasteiger partial charge in [0.15, 0.2) is 17.2 Å². The molecule has 0 aliphatic carbocycles. The van der Waals surface area contributed by atoms with Crippen molar-refractivity contribution in [3.8, 4) is 28.6 Å². The Morgan fingerprint density at radius 3 is 2.23 bits per heavy atom. The number of nitrogens with zero attached hydrogens (tertiary/aromatic N) is 4. The highest BCUT2D eigenvalue weighted by Crippen LogP contribution is 2.40. The maximum atomic E-state index is 13.5. The molecular formula is C28H35F3N4O5. The molecule has 1 aliphatic rings. The number of carboxylic acid groups (broad SMARTS) is 1. The van der Waals surface area contributed by atoms with Gasteiger partial charge in [-0.05, 0) is 65.2 Å². The Morgan fingerprint density at radius 2 is 1.75 bits per heavy atom. The van der Waals surface area contributed by atoms with Crippen LogP contribution in [0, 0.1) is 0 Å². The number of aryl methyl sites for hydroxylation is 2. The lowest BCUT2D eigenvalue weighted by molar-refractivity contribution is -0.192. The summed E-state index contributed by atoms with van der Waals surface area (Å²) in [5, 5.41) is 7.12. The zero-order chi connectivity index (χ0) is 30.2. The molecule has 1 aliphatic heterocycles. The number of imidazole rings is 1. The van der Waals surface area contributed by atoms with Gasteiger partial charge in [0.2, 0.25) is 0 Å². The van der Waals surface area contributed by atoms with Gasteiger partial charge in [0.05, 0.1) is 24.6 Å². The summed E-state index contributed by atoms with van der Waals surface area (Å²) < 4.78 is 47.5. The Hall–Kier alpha value is -3.96. The molecule has 0 unspecified atom stereocenters. The highest BCUT2D eigenvalue weighted by Gasteiger charge is 2.38. The first-order valence-corrected chi connectivity index (χ1v) is 12.7. The molecule has 3 heterocycles. The van der Waals surface area contributed by atoms with Crippen molar-refractivity contribution in [3.63, 3.8) is 0 Å². The first kappa shape index (κ1) is 30.6. The number of ether oxygens (including phenoxy) is 2. The van der Waals surface area contributed by atoms with Crippen molar-refractivity contribution in [2.75, 3.05) is 14.2 Å². The topological polar surface area (TPSA) is 98.8 Å². The lowest BCUT2D eigenvalue weighted by Crippen LogP contribution is -2.43. The van der Waals surface area contributed by atoms with Gasteiger partial charge in [0.25, 0.3) is 5.91 Å². The zero-order valence-corrected chi connectivity index (χ0v) is 23.9. The van der Waals surface area contributed by atoms with Crippen molar-refractivity contribution in [1.29, 1.82) is 0 Å². The van der Waals surface area contributed by atoms with Crippen molar-refractivity contribution in [2.45, 2.75) is 65.3 Å². The van der Waals surface area contributed by atoms with E-state index in [1.165, 1.54) is 0 Å². The molecule has 0 saturated heterocycles. The lowest BCUT2D eigenvalue weighted by Gasteiger charge is -2.32. The smallest absolute Gasteiger partial charge is 0.490 e. The third-order valence-electron chi connectivity index (χ3n) is 6.42. The number of hydrogen-bond donors (Lipinski definition) is 1. The molecule has 1 aromatic carbocycles. The fourth-order valence-electron chi connectivity index (χ4n) is 4.17. The van der Waals surface area contributed by atoms with Crippen LogP contribution >= 0.6 is 0 Å². The van der Waals surface area contributed by atoms with Gasteiger partial charge in [-0.1, -0.05) is 0 Å². The van der Waals surface area contributed by atoms with E-state index in [1.54, 1.807) is 12.0 Å². The second-order valence-corrected chi connectivity index (χ2v) is 10.8. The average Bonchev–Trinajstić information content (AvgIpc) is 3.45. The Balaban J connectivity index is 0.000000559. The summed E-state index contributed by atoms with van der Waals surface area (Å²) in [6.45, 7) is 10.1. The predicted molar refractivity (Wildman–Crippen MR) is 143 cm³/mol. The SMILES string of the molecule is COc1cc2c(cc1OC(C)C)-n1c(-c3ccn(C)c3)nc(C(=O)N(C)C(C)(C)C)c1CC2.O=C(O)C(F)(F)F. The molecule has 40 heavy (non-hydrogen) atoms. The predicted octanol–water partition coefficient (Wildman–Crippen LogP) is 5.28. The van der Waals surface area contributed by atoms with Crippen LogP contribution in [0.5, 0.6) is 11.5 Å². The van der Waals surface area contributed by atoms with Gasteiger partial charge in [-0.3, -0.25) is 9.36 Å². The Labute approximate surface area is 231 Å². The van der Waals surface area contributed by atoms with Crippen molar-refractivity contribution < 1.29 is 37.3 Å². The average molecular weight is 565 g/mol. The van der Waals surface area contributed by atoms with E-state index in [9.17, 15) is 18.0 Å². The van der Waals surface area contributed by atoms with Crippen LogP contribution in [-0.4, -0.2) is 68.0 Å². The minimum Gasteiger partial charge on any atom is -0.493 e. The van der Waals surface area contributed by atoms with Crippen LogP contribution in [0.3, 0.4) is 0 Å². The molecule has 0 atom stereocenters. The number of aromatic nitrogens is 3. The number of fused-ring (bicyclic) bond motifs is 3. The van der Waals surface area contributed by atoms with Crippen molar-refractivity contribution in [1.82, 2.24) is 19.0 Å². The Morgan fingerprint density at radius 1 is 1.12 bits per heavy atom. The summed E-state index contributed by atoms with van der Waals surface area (Å²) in [5.74, 6) is -0.656. The van der Waals surface area contributed by atoms with Gasteiger partial charge in [-0.25, -0.2) is 9.78 Å². The first-order valence-electron chi connectivity index (χ1n) is 12.7. The van der Waals surface area contributed by atoms with Crippen LogP contribution in [0.1, 0.15) is 56.4 Å². The minimum absolute atomic E-state index is 0.00830. The number of hydrogen-bond acceptors (Lipinski definition) is 5. The fraction of sp³-hybridized carbons (Fsp3) is 0.464. The van der Waals surface area contributed by atoms with Gasteiger partial charge < -0.3 is 24.0 Å². The normalized spacial score (nSPS) is 12.7. The van der Waals surface area contributed by atoms with Gasteiger partial charge in [0.1, 0.15) is 5.82 Å². The third kappa shape index (κ3) is 6.43. The van der Waals surface area contributed by atoms with Gasteiger partial charge in [-0.15, -0.1) is 0 Å². The molecule has 0 radical (unpaired) electrons. The molecule has 0 spiro atoms. The molecule has 1 amide bonds. The van der Waals surface area contributed by atoms with Gasteiger partial charge >= 0.3 is 12.1 Å². The first-order chi connectivity index (χ1) is 18.4. The molecule has 0 saturated carbocycles. The number of carbonyl (C=O) groups excluding carboxylic acids is 1. The van der Waals surface area contributed by atoms with Crippen molar-refractivity contribution in [2.24, 2.45) is 7.05 Å². The molecule has 2 aromatic heterocycles. The number of alkyl halides is 3. The van der Waals surface area contributed by atoms with Crippen molar-refractivity contribution in [3.05, 3.63) is 47.5 Å². The number of amides is 1. The molecule has 0 bridgehead atoms. The second-order valence-electron chi connectivity index (χ2n) is 10.8. The van der Waals surface area contributed by atoms with Gasteiger partial charge in [0, 0.05) is 43.7 Å². The van der Waals surface area contributed by atoms with Crippen LogP contribution in [0.15, 0.2) is 30.6 Å². The maximum Gasteiger partial charge on any atom is 0.490 e. The van der Waals surface area contributed by atoms with E-state index in [0.717, 1.165) is 46.9 Å². The largest absolute Gasteiger partial charge is 0.493 e. The van der Waals surface area contributed by atoms with E-state index in [1.807, 2.05) is 83.9 Å². The number of methoxy groups -OCH3 is 1. The van der Waals surface area contributed by atoms with E-state index >= 15 is 0 Å². The van der Waals surface area contributed by atoms with Crippen LogP contribution in [-0.2, 0) is 24.7 Å². The molecule has 12 heteroatoms. The number of benzene rings is 1. The number of aliphatic carboxylic acids is 1. The molecular weight excluding hydrogens is 529 g/mol. The molecule has 218 valence electrons.